The van der Waals surface area contributed by atoms with Crippen LogP contribution in [0.1, 0.15) is 0 Å². The van der Waals surface area contributed by atoms with Gasteiger partial charge in [0.25, 0.3) is 0 Å². The predicted molar refractivity (Wildman–Crippen MR) is 55.8 cm³/mol. The fourth-order valence-electron chi connectivity index (χ4n) is 1.32. The van der Waals surface area contributed by atoms with Crippen LogP contribution in [-0.2, 0) is 4.74 Å². The lowest BCUT2D eigenvalue weighted by Crippen LogP contribution is -2.40. The molecule has 1 fully saturated rings. The fourth-order valence-corrected chi connectivity index (χ4v) is 1.32. The summed E-state index contributed by atoms with van der Waals surface area (Å²) in [6.07, 6.45) is 0. The Morgan fingerprint density at radius 1 is 1.40 bits per heavy atom. The van der Waals surface area contributed by atoms with E-state index in [1.54, 1.807) is 0 Å². The maximum absolute atomic E-state index is 8.34. The third kappa shape index (κ3) is 2.61. The Hall–Kier alpha value is -1.73. The molecule has 0 amide bonds. The largest absolute Gasteiger partial charge is 0.479 e. The Kier molecular flexibility index (Phi) is 3.05. The van der Waals surface area contributed by atoms with E-state index in [4.69, 9.17) is 14.7 Å². The van der Waals surface area contributed by atoms with Crippen LogP contribution in [0.3, 0.4) is 0 Å². The average Bonchev–Trinajstić information content (AvgIpc) is 2.22. The first-order chi connectivity index (χ1) is 7.38. The molecular formula is C11H12N2O2. The molecule has 0 unspecified atom stereocenters. The predicted octanol–water partition coefficient (Wildman–Crippen LogP) is 1.40. The molecule has 0 bridgehead atoms. The zero-order valence-corrected chi connectivity index (χ0v) is 8.27. The number of hydrogen-bond acceptors (Lipinski definition) is 4. The highest BCUT2D eigenvalue weighted by molar-refractivity contribution is 5.47. The molecule has 1 saturated heterocycles. The Bertz CT molecular complexity index is 352. The van der Waals surface area contributed by atoms with Gasteiger partial charge in [0.2, 0.25) is 0 Å². The molecule has 1 aliphatic heterocycles. The minimum Gasteiger partial charge on any atom is -0.479 e. The highest BCUT2D eigenvalue weighted by atomic mass is 16.5. The zero-order valence-electron chi connectivity index (χ0n) is 8.27. The first-order valence-corrected chi connectivity index (χ1v) is 4.82. The quantitative estimate of drug-likeness (QED) is 0.805. The van der Waals surface area contributed by atoms with E-state index < -0.39 is 0 Å². The molecule has 1 heterocycles. The van der Waals surface area contributed by atoms with Crippen molar-refractivity contribution in [2.75, 3.05) is 25.1 Å². The Morgan fingerprint density at radius 3 is 2.67 bits per heavy atom. The lowest BCUT2D eigenvalue weighted by atomic mass is 10.2. The summed E-state index contributed by atoms with van der Waals surface area (Å²) in [5.74, 6) is 0.715. The van der Waals surface area contributed by atoms with E-state index in [2.05, 4.69) is 5.32 Å². The monoisotopic (exact) mass is 204 g/mol. The molecule has 0 atom stereocenters. The van der Waals surface area contributed by atoms with Crippen molar-refractivity contribution in [2.45, 2.75) is 6.04 Å². The first kappa shape index (κ1) is 9.81. The van der Waals surface area contributed by atoms with Crippen LogP contribution in [0, 0.1) is 11.3 Å². The maximum atomic E-state index is 8.34. The van der Waals surface area contributed by atoms with E-state index in [-0.39, 0.29) is 6.61 Å². The molecule has 2 rings (SSSR count). The summed E-state index contributed by atoms with van der Waals surface area (Å²) in [4.78, 5) is 0. The van der Waals surface area contributed by atoms with Gasteiger partial charge in [-0.25, -0.2) is 0 Å². The van der Waals surface area contributed by atoms with E-state index in [1.807, 2.05) is 30.3 Å². The van der Waals surface area contributed by atoms with Gasteiger partial charge in [-0.3, -0.25) is 0 Å². The number of rotatable bonds is 4. The van der Waals surface area contributed by atoms with Crippen LogP contribution in [0.2, 0.25) is 0 Å². The number of nitrogens with zero attached hydrogens (tertiary/aromatic N) is 1. The van der Waals surface area contributed by atoms with Crippen molar-refractivity contribution in [1.82, 2.24) is 0 Å². The number of benzene rings is 1. The van der Waals surface area contributed by atoms with Gasteiger partial charge in [0.1, 0.15) is 11.8 Å². The van der Waals surface area contributed by atoms with E-state index >= 15 is 0 Å². The lowest BCUT2D eigenvalue weighted by molar-refractivity contribution is 0.0211. The highest BCUT2D eigenvalue weighted by Gasteiger charge is 2.17. The number of ether oxygens (including phenoxy) is 2. The molecule has 4 nitrogen and oxygen atoms in total. The standard InChI is InChI=1S/C11H12N2O2/c12-5-6-15-11-3-1-9(2-4-11)13-10-7-14-8-10/h1-4,10,13H,6-8H2. The van der Waals surface area contributed by atoms with Gasteiger partial charge >= 0.3 is 0 Å². The normalized spacial score (nSPS) is 15.1. The van der Waals surface area contributed by atoms with Crippen molar-refractivity contribution in [3.63, 3.8) is 0 Å². The van der Waals surface area contributed by atoms with Gasteiger partial charge in [-0.2, -0.15) is 5.26 Å². The lowest BCUT2D eigenvalue weighted by Gasteiger charge is -2.27. The van der Waals surface area contributed by atoms with E-state index in [0.29, 0.717) is 11.8 Å². The molecule has 0 spiro atoms. The second-order valence-corrected chi connectivity index (χ2v) is 3.35. The van der Waals surface area contributed by atoms with Crippen LogP contribution in [0.15, 0.2) is 24.3 Å². The summed E-state index contributed by atoms with van der Waals surface area (Å²) in [5, 5.41) is 11.7. The Balaban J connectivity index is 1.88. The molecule has 0 radical (unpaired) electrons. The SMILES string of the molecule is N#CCOc1ccc(NC2COC2)cc1. The maximum Gasteiger partial charge on any atom is 0.174 e. The van der Waals surface area contributed by atoms with Crippen LogP contribution in [0.4, 0.5) is 5.69 Å². The van der Waals surface area contributed by atoms with E-state index in [1.165, 1.54) is 0 Å². The summed E-state index contributed by atoms with van der Waals surface area (Å²) in [6.45, 7) is 1.63. The highest BCUT2D eigenvalue weighted by Crippen LogP contribution is 2.17. The molecule has 1 aromatic carbocycles. The van der Waals surface area contributed by atoms with Crippen LogP contribution < -0.4 is 10.1 Å². The average molecular weight is 204 g/mol. The molecular weight excluding hydrogens is 192 g/mol. The molecule has 78 valence electrons. The summed E-state index contributed by atoms with van der Waals surface area (Å²) >= 11 is 0. The van der Waals surface area contributed by atoms with E-state index in [0.717, 1.165) is 18.9 Å². The molecule has 4 heteroatoms. The van der Waals surface area contributed by atoms with Crippen molar-refractivity contribution in [2.24, 2.45) is 0 Å². The summed E-state index contributed by atoms with van der Waals surface area (Å²) in [6, 6.07) is 9.92. The minimum absolute atomic E-state index is 0.0865. The summed E-state index contributed by atoms with van der Waals surface area (Å²) in [7, 11) is 0. The summed E-state index contributed by atoms with van der Waals surface area (Å²) < 4.78 is 10.2. The van der Waals surface area contributed by atoms with Gasteiger partial charge in [0.15, 0.2) is 6.61 Å². The topological polar surface area (TPSA) is 54.3 Å². The van der Waals surface area contributed by atoms with Gasteiger partial charge < -0.3 is 14.8 Å². The second kappa shape index (κ2) is 4.67. The zero-order chi connectivity index (χ0) is 10.5. The van der Waals surface area contributed by atoms with Gasteiger partial charge in [-0.05, 0) is 24.3 Å². The summed E-state index contributed by atoms with van der Waals surface area (Å²) in [5.41, 5.74) is 1.05. The molecule has 15 heavy (non-hydrogen) atoms. The second-order valence-electron chi connectivity index (χ2n) is 3.35. The fraction of sp³-hybridized carbons (Fsp3) is 0.364. The number of hydrogen-bond donors (Lipinski definition) is 1. The molecule has 1 N–H and O–H groups in total. The van der Waals surface area contributed by atoms with Crippen molar-refractivity contribution < 1.29 is 9.47 Å². The van der Waals surface area contributed by atoms with Gasteiger partial charge in [0, 0.05) is 5.69 Å². The minimum atomic E-state index is 0.0865. The number of nitrogens with one attached hydrogen (secondary N) is 1. The first-order valence-electron chi connectivity index (χ1n) is 4.82. The van der Waals surface area contributed by atoms with Gasteiger partial charge in [-0.1, -0.05) is 0 Å². The van der Waals surface area contributed by atoms with Crippen LogP contribution in [0.5, 0.6) is 5.75 Å². The van der Waals surface area contributed by atoms with Crippen LogP contribution in [-0.4, -0.2) is 25.9 Å². The third-order valence-corrected chi connectivity index (χ3v) is 2.17. The van der Waals surface area contributed by atoms with Crippen LogP contribution >= 0.6 is 0 Å². The molecule has 1 aliphatic rings. The smallest absolute Gasteiger partial charge is 0.174 e. The Labute approximate surface area is 88.4 Å². The van der Waals surface area contributed by atoms with Gasteiger partial charge in [0.05, 0.1) is 19.3 Å². The third-order valence-electron chi connectivity index (χ3n) is 2.17. The van der Waals surface area contributed by atoms with Crippen molar-refractivity contribution >= 4 is 5.69 Å². The van der Waals surface area contributed by atoms with Crippen molar-refractivity contribution in [1.29, 1.82) is 5.26 Å². The molecule has 1 aromatic rings. The van der Waals surface area contributed by atoms with Crippen molar-refractivity contribution in [3.05, 3.63) is 24.3 Å². The van der Waals surface area contributed by atoms with Gasteiger partial charge in [-0.15, -0.1) is 0 Å². The Morgan fingerprint density at radius 2 is 2.13 bits per heavy atom. The molecule has 0 aliphatic carbocycles. The number of nitriles is 1. The number of anilines is 1. The van der Waals surface area contributed by atoms with Crippen LogP contribution in [0.25, 0.3) is 0 Å². The van der Waals surface area contributed by atoms with Crippen molar-refractivity contribution in [3.8, 4) is 11.8 Å². The molecule has 0 aromatic heterocycles. The molecule has 0 saturated carbocycles. The van der Waals surface area contributed by atoms with E-state index in [9.17, 15) is 0 Å².